The molecule has 1 aromatic carbocycles. The average molecular weight is 398 g/mol. The van der Waals surface area contributed by atoms with Crippen LogP contribution in [0.5, 0.6) is 0 Å². The average Bonchev–Trinajstić information content (AvgIpc) is 3.05. The number of ether oxygens (including phenoxy) is 2. The largest absolute Gasteiger partial charge is 0.378 e. The van der Waals surface area contributed by atoms with E-state index in [0.29, 0.717) is 45.8 Å². The molecular weight excluding hydrogens is 375 g/mol. The molecule has 27 heavy (non-hydrogen) atoms. The summed E-state index contributed by atoms with van der Waals surface area (Å²) in [6.07, 6.45) is 1.08. The van der Waals surface area contributed by atoms with Gasteiger partial charge in [-0.2, -0.15) is 4.31 Å². The second-order valence-electron chi connectivity index (χ2n) is 7.49. The molecule has 7 nitrogen and oxygen atoms in total. The Balaban J connectivity index is 1.33. The van der Waals surface area contributed by atoms with Gasteiger partial charge >= 0.3 is 0 Å². The maximum Gasteiger partial charge on any atom is 0.243 e. The minimum Gasteiger partial charge on any atom is -0.378 e. The molecule has 0 saturated carbocycles. The van der Waals surface area contributed by atoms with Gasteiger partial charge in [-0.05, 0) is 30.5 Å². The maximum absolute atomic E-state index is 13.4. The summed E-state index contributed by atoms with van der Waals surface area (Å²) < 4.78 is 51.0. The lowest BCUT2D eigenvalue weighted by Gasteiger charge is -2.46. The van der Waals surface area contributed by atoms with Crippen molar-refractivity contribution in [3.63, 3.8) is 0 Å². The maximum atomic E-state index is 13.4. The highest BCUT2D eigenvalue weighted by Gasteiger charge is 2.53. The van der Waals surface area contributed by atoms with Crippen LogP contribution in [0.3, 0.4) is 0 Å². The van der Waals surface area contributed by atoms with E-state index in [0.717, 1.165) is 6.07 Å². The van der Waals surface area contributed by atoms with Crippen molar-refractivity contribution in [3.8, 4) is 0 Å². The second-order valence-corrected chi connectivity index (χ2v) is 9.43. The summed E-state index contributed by atoms with van der Waals surface area (Å²) in [6.45, 7) is 3.34. The van der Waals surface area contributed by atoms with Crippen molar-refractivity contribution in [1.82, 2.24) is 9.21 Å². The Morgan fingerprint density at radius 1 is 1.26 bits per heavy atom. The minimum absolute atomic E-state index is 0.0469. The Bertz CT molecular complexity index is 819. The Labute approximate surface area is 158 Å². The number of nitrogens with zero attached hydrogens (tertiary/aromatic N) is 2. The molecule has 0 radical (unpaired) electrons. The Morgan fingerprint density at radius 2 is 2.00 bits per heavy atom. The van der Waals surface area contributed by atoms with Gasteiger partial charge in [0.15, 0.2) is 0 Å². The van der Waals surface area contributed by atoms with E-state index in [1.807, 2.05) is 4.90 Å². The molecule has 1 atom stereocenters. The smallest absolute Gasteiger partial charge is 0.243 e. The highest BCUT2D eigenvalue weighted by molar-refractivity contribution is 7.89. The van der Waals surface area contributed by atoms with Gasteiger partial charge in [-0.25, -0.2) is 12.8 Å². The van der Waals surface area contributed by atoms with E-state index in [1.54, 1.807) is 0 Å². The van der Waals surface area contributed by atoms with Gasteiger partial charge in [0, 0.05) is 32.6 Å². The summed E-state index contributed by atoms with van der Waals surface area (Å²) in [4.78, 5) is 14.2. The van der Waals surface area contributed by atoms with Gasteiger partial charge in [-0.15, -0.1) is 0 Å². The highest BCUT2D eigenvalue weighted by atomic mass is 32.2. The van der Waals surface area contributed by atoms with Gasteiger partial charge in [-0.1, -0.05) is 6.07 Å². The van der Waals surface area contributed by atoms with E-state index >= 15 is 0 Å². The number of carbonyl (C=O) groups is 1. The van der Waals surface area contributed by atoms with Gasteiger partial charge in [0.2, 0.25) is 15.9 Å². The summed E-state index contributed by atoms with van der Waals surface area (Å²) in [5, 5.41) is 0. The van der Waals surface area contributed by atoms with Crippen LogP contribution in [-0.2, 0) is 24.3 Å². The molecular formula is C18H23FN2O5S. The van der Waals surface area contributed by atoms with Crippen LogP contribution in [0, 0.1) is 11.7 Å². The number of rotatable bonds is 4. The van der Waals surface area contributed by atoms with Crippen LogP contribution in [0.15, 0.2) is 29.2 Å². The molecule has 1 unspecified atom stereocenters. The predicted molar refractivity (Wildman–Crippen MR) is 94.0 cm³/mol. The minimum atomic E-state index is -3.72. The van der Waals surface area contributed by atoms with Gasteiger partial charge < -0.3 is 14.4 Å². The van der Waals surface area contributed by atoms with Crippen LogP contribution in [0.2, 0.25) is 0 Å². The molecule has 0 aliphatic carbocycles. The number of morpholine rings is 1. The Kier molecular flexibility index (Phi) is 4.96. The molecule has 4 rings (SSSR count). The third-order valence-electron chi connectivity index (χ3n) is 5.48. The lowest BCUT2D eigenvalue weighted by molar-refractivity contribution is -0.136. The van der Waals surface area contributed by atoms with E-state index in [1.165, 1.54) is 22.5 Å². The normalized spacial score (nSPS) is 25.5. The molecule has 0 aromatic heterocycles. The van der Waals surface area contributed by atoms with Crippen LogP contribution in [0.1, 0.15) is 12.8 Å². The fourth-order valence-corrected chi connectivity index (χ4v) is 5.64. The van der Waals surface area contributed by atoms with E-state index in [9.17, 15) is 17.6 Å². The molecule has 3 saturated heterocycles. The first-order chi connectivity index (χ1) is 12.9. The summed E-state index contributed by atoms with van der Waals surface area (Å²) >= 11 is 0. The summed E-state index contributed by atoms with van der Waals surface area (Å²) in [6, 6.07) is 5.02. The number of hydrogen-bond donors (Lipinski definition) is 0. The zero-order chi connectivity index (χ0) is 19.1. The molecule has 1 aromatic rings. The molecule has 3 fully saturated rings. The van der Waals surface area contributed by atoms with Crippen LogP contribution in [0.4, 0.5) is 4.39 Å². The first-order valence-corrected chi connectivity index (χ1v) is 10.6. The van der Waals surface area contributed by atoms with Crippen molar-refractivity contribution < 1.29 is 27.1 Å². The Hall–Kier alpha value is -1.55. The van der Waals surface area contributed by atoms with Gasteiger partial charge in [0.05, 0.1) is 30.3 Å². The standard InChI is InChI=1S/C18H23FN2O5S/c19-15-2-1-3-16(9-15)27(23,24)21-12-18(13-21)10-14(11-26-18)8-17(22)20-4-6-25-7-5-20/h1-3,9,14H,4-8,10-13H2. The number of hydrogen-bond acceptors (Lipinski definition) is 5. The summed E-state index contributed by atoms with van der Waals surface area (Å²) in [5.74, 6) is -0.378. The third-order valence-corrected chi connectivity index (χ3v) is 7.26. The molecule has 148 valence electrons. The number of halogens is 1. The fraction of sp³-hybridized carbons (Fsp3) is 0.611. The van der Waals surface area contributed by atoms with Gasteiger partial charge in [0.1, 0.15) is 5.82 Å². The highest BCUT2D eigenvalue weighted by Crippen LogP contribution is 2.41. The lowest BCUT2D eigenvalue weighted by Crippen LogP contribution is -2.63. The first-order valence-electron chi connectivity index (χ1n) is 9.13. The zero-order valence-corrected chi connectivity index (χ0v) is 15.8. The van der Waals surface area contributed by atoms with Crippen molar-refractivity contribution in [1.29, 1.82) is 0 Å². The predicted octanol–water partition coefficient (Wildman–Crippen LogP) is 0.854. The molecule has 0 bridgehead atoms. The van der Waals surface area contributed by atoms with Crippen molar-refractivity contribution in [2.24, 2.45) is 5.92 Å². The molecule has 1 spiro atoms. The van der Waals surface area contributed by atoms with Crippen LogP contribution >= 0.6 is 0 Å². The van der Waals surface area contributed by atoms with Crippen molar-refractivity contribution >= 4 is 15.9 Å². The molecule has 3 aliphatic rings. The van der Waals surface area contributed by atoms with E-state index in [-0.39, 0.29) is 29.8 Å². The first kappa shape index (κ1) is 18.8. The third kappa shape index (κ3) is 3.73. The van der Waals surface area contributed by atoms with Gasteiger partial charge in [-0.3, -0.25) is 4.79 Å². The summed E-state index contributed by atoms with van der Waals surface area (Å²) in [5.41, 5.74) is -0.518. The summed E-state index contributed by atoms with van der Waals surface area (Å²) in [7, 11) is -3.72. The SMILES string of the molecule is O=C(CC1COC2(C1)CN(S(=O)(=O)c1cccc(F)c1)C2)N1CCOCC1. The zero-order valence-electron chi connectivity index (χ0n) is 15.0. The molecule has 3 aliphatic heterocycles. The molecule has 3 heterocycles. The fourth-order valence-electron chi connectivity index (χ4n) is 4.02. The molecule has 1 amide bonds. The number of benzene rings is 1. The monoisotopic (exact) mass is 398 g/mol. The van der Waals surface area contributed by atoms with Crippen LogP contribution in [-0.4, -0.2) is 75.1 Å². The van der Waals surface area contributed by atoms with E-state index in [2.05, 4.69) is 0 Å². The van der Waals surface area contributed by atoms with Crippen LogP contribution in [0.25, 0.3) is 0 Å². The Morgan fingerprint density at radius 3 is 2.70 bits per heavy atom. The van der Waals surface area contributed by atoms with Crippen molar-refractivity contribution in [2.45, 2.75) is 23.3 Å². The van der Waals surface area contributed by atoms with Crippen LogP contribution < -0.4 is 0 Å². The van der Waals surface area contributed by atoms with E-state index < -0.39 is 21.4 Å². The second kappa shape index (κ2) is 7.12. The molecule has 9 heteroatoms. The molecule has 0 N–H and O–H groups in total. The van der Waals surface area contributed by atoms with Gasteiger partial charge in [0.25, 0.3) is 0 Å². The number of sulfonamides is 1. The van der Waals surface area contributed by atoms with Crippen molar-refractivity contribution in [3.05, 3.63) is 30.1 Å². The topological polar surface area (TPSA) is 76.2 Å². The lowest BCUT2D eigenvalue weighted by atomic mass is 9.87. The quantitative estimate of drug-likeness (QED) is 0.752. The number of amides is 1. The van der Waals surface area contributed by atoms with Crippen molar-refractivity contribution in [2.75, 3.05) is 46.0 Å². The van der Waals surface area contributed by atoms with E-state index in [4.69, 9.17) is 9.47 Å². The number of carbonyl (C=O) groups excluding carboxylic acids is 1.